The van der Waals surface area contributed by atoms with E-state index in [0.717, 1.165) is 0 Å². The van der Waals surface area contributed by atoms with Gasteiger partial charge in [-0.25, -0.2) is 33.4 Å². The second kappa shape index (κ2) is 9.73. The molecule has 158 valence electrons. The van der Waals surface area contributed by atoms with Crippen molar-refractivity contribution >= 4 is 34.1 Å². The molecule has 1 heterocycles. The number of para-hydroxylation sites is 1. The molecule has 2 amide bonds. The maximum atomic E-state index is 12.7. The van der Waals surface area contributed by atoms with E-state index in [1.165, 1.54) is 43.8 Å². The van der Waals surface area contributed by atoms with Gasteiger partial charge in [0.15, 0.2) is 0 Å². The largest absolute Gasteiger partial charge is 0.486 e. The number of nitrogens with one attached hydrogen (secondary N) is 2. The number of nitrogens with zero attached hydrogens (tertiary/aromatic N) is 4. The molecule has 1 aromatic carbocycles. The number of rotatable bonds is 7. The molecule has 0 bridgehead atoms. The minimum atomic E-state index is -4.25. The lowest BCUT2D eigenvalue weighted by atomic mass is 10.3. The molecule has 1 aliphatic heterocycles. The van der Waals surface area contributed by atoms with Gasteiger partial charge in [-0.3, -0.25) is 0 Å². The Hall–Kier alpha value is -3.35. The third-order valence-electron chi connectivity index (χ3n) is 3.48. The van der Waals surface area contributed by atoms with Crippen LogP contribution in [0.5, 0.6) is 5.75 Å². The quantitative estimate of drug-likeness (QED) is 0.482. The Morgan fingerprint density at radius 3 is 2.72 bits per heavy atom. The number of ether oxygens (including phenoxy) is 2. The highest BCUT2D eigenvalue weighted by Crippen LogP contribution is 2.23. The van der Waals surface area contributed by atoms with Crippen LogP contribution in [0.2, 0.25) is 0 Å². The van der Waals surface area contributed by atoms with Gasteiger partial charge in [-0.2, -0.15) is 4.99 Å². The molecule has 1 aliphatic rings. The molecule has 0 aliphatic carbocycles. The highest BCUT2D eigenvalue weighted by Gasteiger charge is 2.27. The van der Waals surface area contributed by atoms with E-state index in [1.54, 1.807) is 19.9 Å². The number of carbonyl (C=O) groups excluding carboxylic acids is 1. The molecule has 0 saturated heterocycles. The van der Waals surface area contributed by atoms with Crippen LogP contribution in [-0.4, -0.2) is 64.5 Å². The van der Waals surface area contributed by atoms with E-state index < -0.39 is 22.2 Å². The Morgan fingerprint density at radius 2 is 2.03 bits per heavy atom. The van der Waals surface area contributed by atoms with Crippen molar-refractivity contribution < 1.29 is 27.5 Å². The maximum Gasteiger partial charge on any atom is 0.347 e. The normalized spacial score (nSPS) is 16.7. The van der Waals surface area contributed by atoms with Gasteiger partial charge in [-0.15, -0.1) is 0 Å². The first-order valence-corrected chi connectivity index (χ1v) is 9.81. The summed E-state index contributed by atoms with van der Waals surface area (Å²) < 4.78 is 37.8. The summed E-state index contributed by atoms with van der Waals surface area (Å²) in [6.07, 6.45) is 0.730. The summed E-state index contributed by atoms with van der Waals surface area (Å²) >= 11 is 0. The fourth-order valence-corrected chi connectivity index (χ4v) is 3.27. The minimum absolute atomic E-state index is 0.00350. The first-order chi connectivity index (χ1) is 13.8. The number of hydrogen-bond acceptors (Lipinski definition) is 10. The van der Waals surface area contributed by atoms with Crippen LogP contribution in [0, 0.1) is 0 Å². The summed E-state index contributed by atoms with van der Waals surface area (Å²) in [5.41, 5.74) is 2.84. The Balaban J connectivity index is 2.13. The molecule has 2 N–H and O–H groups in total. The number of hydrazine groups is 1. The highest BCUT2D eigenvalue weighted by molar-refractivity contribution is 7.90. The van der Waals surface area contributed by atoms with Gasteiger partial charge in [0.05, 0.1) is 12.8 Å². The van der Waals surface area contributed by atoms with Crippen molar-refractivity contribution in [2.45, 2.75) is 24.9 Å². The zero-order valence-electron chi connectivity index (χ0n) is 16.3. The molecule has 13 heteroatoms. The average molecular weight is 426 g/mol. The number of oxime groups is 1. The molecular formula is C16H22N6O6S. The van der Waals surface area contributed by atoms with Crippen molar-refractivity contribution in [3.63, 3.8) is 0 Å². The topological polar surface area (TPSA) is 143 Å². The van der Waals surface area contributed by atoms with Gasteiger partial charge in [0.2, 0.25) is 0 Å². The Kier molecular flexibility index (Phi) is 7.36. The molecule has 2 rings (SSSR count). The molecule has 0 saturated carbocycles. The maximum absolute atomic E-state index is 12.7. The van der Waals surface area contributed by atoms with Gasteiger partial charge >= 0.3 is 12.1 Å². The second-order valence-corrected chi connectivity index (χ2v) is 7.32. The van der Waals surface area contributed by atoms with Crippen molar-refractivity contribution in [1.82, 2.24) is 15.2 Å². The smallest absolute Gasteiger partial charge is 0.347 e. The van der Waals surface area contributed by atoms with Crippen LogP contribution in [0.15, 0.2) is 44.3 Å². The van der Waals surface area contributed by atoms with Crippen LogP contribution in [0.1, 0.15) is 13.8 Å². The first-order valence-electron chi connectivity index (χ1n) is 8.33. The van der Waals surface area contributed by atoms with E-state index >= 15 is 0 Å². The van der Waals surface area contributed by atoms with Crippen molar-refractivity contribution in [2.24, 2.45) is 15.1 Å². The monoisotopic (exact) mass is 426 g/mol. The predicted octanol–water partition coefficient (Wildman–Crippen LogP) is 0.683. The first kappa shape index (κ1) is 21.9. The summed E-state index contributed by atoms with van der Waals surface area (Å²) in [6, 6.07) is 4.91. The SMILES string of the molecule is CON=C(C)COc1ccccc1S(=O)(=O)NC(=O)NN1C(OC)=NC=NC1C. The van der Waals surface area contributed by atoms with Gasteiger partial charge in [0.25, 0.3) is 10.0 Å². The van der Waals surface area contributed by atoms with E-state index in [9.17, 15) is 13.2 Å². The van der Waals surface area contributed by atoms with E-state index in [1.807, 2.05) is 4.72 Å². The average Bonchev–Trinajstić information content (AvgIpc) is 2.68. The third kappa shape index (κ3) is 5.81. The predicted molar refractivity (Wildman–Crippen MR) is 105 cm³/mol. The Labute approximate surface area is 168 Å². The molecule has 29 heavy (non-hydrogen) atoms. The number of carbonyl (C=O) groups is 1. The number of sulfonamides is 1. The number of hydrogen-bond donors (Lipinski definition) is 2. The Bertz CT molecular complexity index is 930. The molecule has 12 nitrogen and oxygen atoms in total. The van der Waals surface area contributed by atoms with E-state index in [0.29, 0.717) is 5.71 Å². The van der Waals surface area contributed by atoms with Crippen LogP contribution in [0.25, 0.3) is 0 Å². The number of benzene rings is 1. The standard InChI is InChI=1S/C16H22N6O6S/c1-11(20-27-4)9-28-13-7-5-6-8-14(13)29(24,25)21-15(23)19-22-12(2)17-10-18-16(22)26-3/h5-8,10,12H,9H2,1-4H3,(H2,19,21,23). The fourth-order valence-electron chi connectivity index (χ4n) is 2.23. The van der Waals surface area contributed by atoms with Gasteiger partial charge < -0.3 is 14.3 Å². The minimum Gasteiger partial charge on any atom is -0.486 e. The molecule has 1 unspecified atom stereocenters. The summed E-state index contributed by atoms with van der Waals surface area (Å²) in [4.78, 5) is 24.5. The van der Waals surface area contributed by atoms with E-state index in [-0.39, 0.29) is 23.3 Å². The van der Waals surface area contributed by atoms with Crippen LogP contribution in [-0.2, 0) is 19.6 Å². The molecular weight excluding hydrogens is 404 g/mol. The molecule has 1 atom stereocenters. The van der Waals surface area contributed by atoms with Crippen molar-refractivity contribution in [2.75, 3.05) is 20.8 Å². The van der Waals surface area contributed by atoms with Crippen molar-refractivity contribution in [3.05, 3.63) is 24.3 Å². The summed E-state index contributed by atoms with van der Waals surface area (Å²) in [6.45, 7) is 3.32. The number of amidine groups is 1. The zero-order chi connectivity index (χ0) is 21.4. The number of amides is 2. The van der Waals surface area contributed by atoms with Crippen LogP contribution in [0.3, 0.4) is 0 Å². The van der Waals surface area contributed by atoms with E-state index in [4.69, 9.17) is 9.47 Å². The van der Waals surface area contributed by atoms with Crippen molar-refractivity contribution in [1.29, 1.82) is 0 Å². The number of urea groups is 1. The number of aliphatic imine (C=N–C) groups is 2. The molecule has 0 aromatic heterocycles. The van der Waals surface area contributed by atoms with Crippen LogP contribution < -0.4 is 14.9 Å². The molecule has 0 radical (unpaired) electrons. The molecule has 0 spiro atoms. The lowest BCUT2D eigenvalue weighted by Gasteiger charge is -2.29. The lowest BCUT2D eigenvalue weighted by Crippen LogP contribution is -2.55. The lowest BCUT2D eigenvalue weighted by molar-refractivity contribution is 0.176. The summed E-state index contributed by atoms with van der Waals surface area (Å²) in [7, 11) is -1.50. The third-order valence-corrected chi connectivity index (χ3v) is 4.85. The summed E-state index contributed by atoms with van der Waals surface area (Å²) in [5, 5.41) is 4.87. The molecule has 0 fully saturated rings. The van der Waals surface area contributed by atoms with Gasteiger partial charge in [0, 0.05) is 0 Å². The number of methoxy groups -OCH3 is 1. The Morgan fingerprint density at radius 1 is 1.31 bits per heavy atom. The summed E-state index contributed by atoms with van der Waals surface area (Å²) in [5.74, 6) is 0.0496. The second-order valence-electron chi connectivity index (χ2n) is 5.67. The van der Waals surface area contributed by atoms with Gasteiger partial charge in [-0.05, 0) is 26.0 Å². The highest BCUT2D eigenvalue weighted by atomic mass is 32.2. The van der Waals surface area contributed by atoms with Crippen molar-refractivity contribution in [3.8, 4) is 5.75 Å². The van der Waals surface area contributed by atoms with Crippen LogP contribution >= 0.6 is 0 Å². The van der Waals surface area contributed by atoms with E-state index in [2.05, 4.69) is 25.4 Å². The zero-order valence-corrected chi connectivity index (χ0v) is 17.1. The van der Waals surface area contributed by atoms with Gasteiger partial charge in [-0.1, -0.05) is 17.3 Å². The van der Waals surface area contributed by atoms with Crippen LogP contribution in [0.4, 0.5) is 4.79 Å². The fraction of sp³-hybridized carbons (Fsp3) is 0.375. The van der Waals surface area contributed by atoms with Gasteiger partial charge in [0.1, 0.15) is 36.9 Å². The molecule has 1 aromatic rings.